The average molecular weight is 429 g/mol. The summed E-state index contributed by atoms with van der Waals surface area (Å²) in [4.78, 5) is 27.9. The van der Waals surface area contributed by atoms with Crippen LogP contribution in [0.25, 0.3) is 0 Å². The lowest BCUT2D eigenvalue weighted by molar-refractivity contribution is -0.125. The summed E-state index contributed by atoms with van der Waals surface area (Å²) in [6.45, 7) is 0.777. The minimum atomic E-state index is -0.358. The van der Waals surface area contributed by atoms with Gasteiger partial charge in [-0.1, -0.05) is 11.6 Å². The molecule has 2 aromatic carbocycles. The molecule has 0 bridgehead atoms. The van der Waals surface area contributed by atoms with Crippen LogP contribution in [0.2, 0.25) is 5.02 Å². The first-order valence-electron chi connectivity index (χ1n) is 10.1. The summed E-state index contributed by atoms with van der Waals surface area (Å²) in [7, 11) is 3.21. The van der Waals surface area contributed by atoms with Crippen LogP contribution < -0.4 is 14.8 Å². The first-order chi connectivity index (χ1) is 14.5. The number of halogens is 1. The van der Waals surface area contributed by atoms with Crippen molar-refractivity contribution >= 4 is 23.4 Å². The van der Waals surface area contributed by atoms with E-state index >= 15 is 0 Å². The Morgan fingerprint density at radius 3 is 2.40 bits per heavy atom. The van der Waals surface area contributed by atoms with Gasteiger partial charge in [-0.15, -0.1) is 0 Å². The highest BCUT2D eigenvalue weighted by Crippen LogP contribution is 2.40. The minimum absolute atomic E-state index is 0.0150. The SMILES string of the molecule is COc1ccc(OC)c(C2CN(C(=O)c3ccc(Cl)cc3)CC2C(=O)NC2CC2)c1. The number of methoxy groups -OCH3 is 2. The number of nitrogens with one attached hydrogen (secondary N) is 1. The van der Waals surface area contributed by atoms with Crippen molar-refractivity contribution in [2.75, 3.05) is 27.3 Å². The molecule has 0 radical (unpaired) electrons. The lowest BCUT2D eigenvalue weighted by Crippen LogP contribution is -2.36. The predicted molar refractivity (Wildman–Crippen MR) is 114 cm³/mol. The fourth-order valence-corrected chi connectivity index (χ4v) is 4.12. The second-order valence-corrected chi connectivity index (χ2v) is 8.26. The van der Waals surface area contributed by atoms with Gasteiger partial charge in [-0.2, -0.15) is 0 Å². The van der Waals surface area contributed by atoms with Crippen LogP contribution in [-0.2, 0) is 4.79 Å². The molecule has 2 fully saturated rings. The van der Waals surface area contributed by atoms with E-state index in [-0.39, 0.29) is 29.7 Å². The molecule has 2 unspecified atom stereocenters. The number of hydrogen-bond acceptors (Lipinski definition) is 4. The standard InChI is InChI=1S/C23H25ClN2O4/c1-29-17-9-10-21(30-2)18(11-17)19-12-26(13-20(19)22(27)25-16-7-8-16)23(28)14-3-5-15(24)6-4-14/h3-6,9-11,16,19-20H,7-8,12-13H2,1-2H3,(H,25,27). The number of carbonyl (C=O) groups excluding carboxylic acids is 2. The third-order valence-corrected chi connectivity index (χ3v) is 6.05. The van der Waals surface area contributed by atoms with Gasteiger partial charge in [0.05, 0.1) is 20.1 Å². The summed E-state index contributed by atoms with van der Waals surface area (Å²) >= 11 is 5.96. The lowest BCUT2D eigenvalue weighted by atomic mass is 9.87. The number of ether oxygens (including phenoxy) is 2. The molecule has 1 heterocycles. The number of rotatable bonds is 6. The molecule has 1 N–H and O–H groups in total. The maximum absolute atomic E-state index is 13.1. The van der Waals surface area contributed by atoms with Crippen LogP contribution >= 0.6 is 11.6 Å². The molecule has 7 heteroatoms. The Labute approximate surface area is 181 Å². The molecule has 1 aliphatic carbocycles. The fourth-order valence-electron chi connectivity index (χ4n) is 3.99. The molecule has 6 nitrogen and oxygen atoms in total. The van der Waals surface area contributed by atoms with Crippen LogP contribution in [0.15, 0.2) is 42.5 Å². The smallest absolute Gasteiger partial charge is 0.253 e. The maximum atomic E-state index is 13.1. The van der Waals surface area contributed by atoms with Gasteiger partial charge in [-0.05, 0) is 55.3 Å². The van der Waals surface area contributed by atoms with Crippen molar-refractivity contribution in [3.8, 4) is 11.5 Å². The van der Waals surface area contributed by atoms with E-state index in [2.05, 4.69) is 5.32 Å². The van der Waals surface area contributed by atoms with Crippen LogP contribution in [0.1, 0.15) is 34.7 Å². The summed E-state index contributed by atoms with van der Waals surface area (Å²) in [5.41, 5.74) is 1.43. The zero-order valence-electron chi connectivity index (χ0n) is 17.1. The Bertz CT molecular complexity index is 943. The van der Waals surface area contributed by atoms with Crippen molar-refractivity contribution in [2.24, 2.45) is 5.92 Å². The molecule has 158 valence electrons. The molecule has 1 aliphatic heterocycles. The van der Waals surface area contributed by atoms with Crippen molar-refractivity contribution in [1.82, 2.24) is 10.2 Å². The normalized spacial score (nSPS) is 20.7. The molecule has 2 aliphatic rings. The fraction of sp³-hybridized carbons (Fsp3) is 0.391. The number of benzene rings is 2. The third kappa shape index (κ3) is 4.24. The van der Waals surface area contributed by atoms with Gasteiger partial charge in [0.1, 0.15) is 11.5 Å². The molecular formula is C23H25ClN2O4. The molecule has 2 atom stereocenters. The lowest BCUT2D eigenvalue weighted by Gasteiger charge is -2.21. The van der Waals surface area contributed by atoms with E-state index in [1.165, 1.54) is 0 Å². The predicted octanol–water partition coefficient (Wildman–Crippen LogP) is 3.49. The molecule has 2 aromatic rings. The van der Waals surface area contributed by atoms with Crippen molar-refractivity contribution in [3.63, 3.8) is 0 Å². The average Bonchev–Trinajstić information content (AvgIpc) is 3.47. The first kappa shape index (κ1) is 20.5. The van der Waals surface area contributed by atoms with Gasteiger partial charge < -0.3 is 19.7 Å². The Morgan fingerprint density at radius 2 is 1.77 bits per heavy atom. The van der Waals surface area contributed by atoms with Gasteiger partial charge in [-0.25, -0.2) is 0 Å². The molecule has 4 rings (SSSR count). The highest BCUT2D eigenvalue weighted by atomic mass is 35.5. The second kappa shape index (κ2) is 8.56. The van der Waals surface area contributed by atoms with Crippen LogP contribution in [-0.4, -0.2) is 50.1 Å². The van der Waals surface area contributed by atoms with Crippen molar-refractivity contribution in [3.05, 3.63) is 58.6 Å². The molecule has 1 saturated heterocycles. The van der Waals surface area contributed by atoms with E-state index in [0.717, 1.165) is 18.4 Å². The zero-order valence-corrected chi connectivity index (χ0v) is 17.8. The third-order valence-electron chi connectivity index (χ3n) is 5.80. The van der Waals surface area contributed by atoms with Gasteiger partial charge in [0, 0.05) is 41.2 Å². The summed E-state index contributed by atoms with van der Waals surface area (Å²) < 4.78 is 11.0. The van der Waals surface area contributed by atoms with Crippen molar-refractivity contribution in [2.45, 2.75) is 24.8 Å². The number of amides is 2. The second-order valence-electron chi connectivity index (χ2n) is 7.82. The van der Waals surface area contributed by atoms with Gasteiger partial charge in [-0.3, -0.25) is 9.59 Å². The first-order valence-corrected chi connectivity index (χ1v) is 10.4. The maximum Gasteiger partial charge on any atom is 0.253 e. The van der Waals surface area contributed by atoms with E-state index in [4.69, 9.17) is 21.1 Å². The number of likely N-dealkylation sites (tertiary alicyclic amines) is 1. The topological polar surface area (TPSA) is 67.9 Å². The Balaban J connectivity index is 1.65. The van der Waals surface area contributed by atoms with Crippen LogP contribution in [0.5, 0.6) is 11.5 Å². The van der Waals surface area contributed by atoms with Gasteiger partial charge in [0.25, 0.3) is 5.91 Å². The van der Waals surface area contributed by atoms with E-state index in [0.29, 0.717) is 35.2 Å². The summed E-state index contributed by atoms with van der Waals surface area (Å²) in [6, 6.07) is 12.6. The number of hydrogen-bond donors (Lipinski definition) is 1. The van der Waals surface area contributed by atoms with Crippen LogP contribution in [0.4, 0.5) is 0 Å². The highest BCUT2D eigenvalue weighted by Gasteiger charge is 2.43. The van der Waals surface area contributed by atoms with E-state index in [1.807, 2.05) is 18.2 Å². The zero-order chi connectivity index (χ0) is 21.3. The van der Waals surface area contributed by atoms with Crippen molar-refractivity contribution < 1.29 is 19.1 Å². The summed E-state index contributed by atoms with van der Waals surface area (Å²) in [5, 5.41) is 3.68. The number of carbonyl (C=O) groups is 2. The van der Waals surface area contributed by atoms with Crippen LogP contribution in [0.3, 0.4) is 0 Å². The quantitative estimate of drug-likeness (QED) is 0.764. The van der Waals surface area contributed by atoms with Crippen LogP contribution in [0, 0.1) is 5.92 Å². The summed E-state index contributed by atoms with van der Waals surface area (Å²) in [6.07, 6.45) is 2.03. The molecular weight excluding hydrogens is 404 g/mol. The van der Waals surface area contributed by atoms with E-state index < -0.39 is 0 Å². The van der Waals surface area contributed by atoms with Crippen molar-refractivity contribution in [1.29, 1.82) is 0 Å². The van der Waals surface area contributed by atoms with Gasteiger partial charge in [0.15, 0.2) is 0 Å². The Kier molecular flexibility index (Phi) is 5.86. The summed E-state index contributed by atoms with van der Waals surface area (Å²) in [5.74, 6) is 0.701. The van der Waals surface area contributed by atoms with Gasteiger partial charge >= 0.3 is 0 Å². The Hall–Kier alpha value is -2.73. The molecule has 0 aromatic heterocycles. The Morgan fingerprint density at radius 1 is 1.03 bits per heavy atom. The molecule has 2 amide bonds. The largest absolute Gasteiger partial charge is 0.497 e. The highest BCUT2D eigenvalue weighted by molar-refractivity contribution is 6.30. The minimum Gasteiger partial charge on any atom is -0.497 e. The molecule has 0 spiro atoms. The van der Waals surface area contributed by atoms with E-state index in [1.54, 1.807) is 43.4 Å². The monoisotopic (exact) mass is 428 g/mol. The van der Waals surface area contributed by atoms with Gasteiger partial charge in [0.2, 0.25) is 5.91 Å². The molecule has 1 saturated carbocycles. The molecule has 30 heavy (non-hydrogen) atoms. The van der Waals surface area contributed by atoms with E-state index in [9.17, 15) is 9.59 Å². The number of nitrogens with zero attached hydrogens (tertiary/aromatic N) is 1.